The van der Waals surface area contributed by atoms with Gasteiger partial charge in [-0.15, -0.1) is 0 Å². The van der Waals surface area contributed by atoms with Gasteiger partial charge < -0.3 is 20.2 Å². The van der Waals surface area contributed by atoms with Gasteiger partial charge in [0, 0.05) is 37.9 Å². The lowest BCUT2D eigenvalue weighted by Crippen LogP contribution is -2.55. The van der Waals surface area contributed by atoms with Crippen LogP contribution in [-0.2, 0) is 4.79 Å². The van der Waals surface area contributed by atoms with Crippen molar-refractivity contribution in [2.24, 2.45) is 0 Å². The van der Waals surface area contributed by atoms with Crippen LogP contribution in [0.4, 0.5) is 10.5 Å². The van der Waals surface area contributed by atoms with Crippen LogP contribution in [0.1, 0.15) is 19.3 Å². The molecule has 0 bridgehead atoms. The van der Waals surface area contributed by atoms with Gasteiger partial charge in [0.1, 0.15) is 6.54 Å². The molecule has 2 fully saturated rings. The zero-order chi connectivity index (χ0) is 18.4. The molecule has 0 spiro atoms. The van der Waals surface area contributed by atoms with Gasteiger partial charge in [-0.2, -0.15) is 0 Å². The molecule has 3 rings (SSSR count). The number of nitrogens with zero attached hydrogens (tertiary/aromatic N) is 3. The smallest absolute Gasteiger partial charge is 0.317 e. The lowest BCUT2D eigenvalue weighted by atomic mass is 10.0. The highest BCUT2D eigenvalue weighted by Crippen LogP contribution is 2.17. The molecular weight excluding hydrogens is 332 g/mol. The molecule has 2 saturated heterocycles. The molecule has 7 nitrogen and oxygen atoms in total. The van der Waals surface area contributed by atoms with Crippen LogP contribution in [0.3, 0.4) is 0 Å². The minimum atomic E-state index is -0.191. The molecule has 7 heteroatoms. The van der Waals surface area contributed by atoms with Crippen molar-refractivity contribution >= 4 is 17.6 Å². The molecule has 2 heterocycles. The molecule has 2 aliphatic rings. The van der Waals surface area contributed by atoms with Gasteiger partial charge in [0.2, 0.25) is 5.91 Å². The minimum Gasteiger partial charge on any atom is -0.395 e. The third-order valence-electron chi connectivity index (χ3n) is 5.21. The first-order valence-electron chi connectivity index (χ1n) is 9.42. The maximum absolute atomic E-state index is 12.4. The van der Waals surface area contributed by atoms with Crippen molar-refractivity contribution in [1.82, 2.24) is 15.1 Å². The van der Waals surface area contributed by atoms with Gasteiger partial charge in [-0.05, 0) is 31.5 Å². The summed E-state index contributed by atoms with van der Waals surface area (Å²) in [6, 6.07) is 9.55. The van der Waals surface area contributed by atoms with Gasteiger partial charge in [0.05, 0.1) is 6.61 Å². The van der Waals surface area contributed by atoms with Crippen LogP contribution in [0.2, 0.25) is 0 Å². The van der Waals surface area contributed by atoms with Crippen molar-refractivity contribution < 1.29 is 14.7 Å². The van der Waals surface area contributed by atoms with Crippen LogP contribution in [0.5, 0.6) is 0 Å². The fourth-order valence-corrected chi connectivity index (χ4v) is 3.71. The number of carbonyl (C=O) groups is 2. The second kappa shape index (κ2) is 9.00. The number of likely N-dealkylation sites (tertiary alicyclic amines) is 1. The van der Waals surface area contributed by atoms with Crippen LogP contribution in [0.25, 0.3) is 0 Å². The number of carbonyl (C=O) groups excluding carboxylic acids is 2. The molecule has 0 saturated carbocycles. The first kappa shape index (κ1) is 18.7. The van der Waals surface area contributed by atoms with E-state index in [1.54, 1.807) is 9.80 Å². The Labute approximate surface area is 154 Å². The molecular formula is C19H28N4O3. The SMILES string of the molecule is O=C(NCCN1CCCCC1CO)N1CCN(c2ccccc2)C(=O)C1. The number of amides is 3. The van der Waals surface area contributed by atoms with E-state index >= 15 is 0 Å². The van der Waals surface area contributed by atoms with Gasteiger partial charge in [-0.1, -0.05) is 24.6 Å². The normalized spacial score (nSPS) is 21.7. The van der Waals surface area contributed by atoms with Gasteiger partial charge in [-0.25, -0.2) is 4.79 Å². The lowest BCUT2D eigenvalue weighted by molar-refractivity contribution is -0.120. The molecule has 3 amide bonds. The van der Waals surface area contributed by atoms with Crippen LogP contribution >= 0.6 is 0 Å². The average molecular weight is 360 g/mol. The molecule has 1 unspecified atom stereocenters. The number of aliphatic hydroxyl groups is 1. The predicted molar refractivity (Wildman–Crippen MR) is 100 cm³/mol. The van der Waals surface area contributed by atoms with Crippen LogP contribution in [0, 0.1) is 0 Å². The highest BCUT2D eigenvalue weighted by molar-refractivity contribution is 5.97. The number of benzene rings is 1. The number of aliphatic hydroxyl groups excluding tert-OH is 1. The minimum absolute atomic E-state index is 0.0611. The number of nitrogens with one attached hydrogen (secondary N) is 1. The summed E-state index contributed by atoms with van der Waals surface area (Å²) in [5.74, 6) is -0.0611. The van der Waals surface area contributed by atoms with Crippen LogP contribution in [0.15, 0.2) is 30.3 Å². The Bertz CT molecular complexity index is 610. The first-order valence-corrected chi connectivity index (χ1v) is 9.42. The van der Waals surface area contributed by atoms with Crippen molar-refractivity contribution in [3.8, 4) is 0 Å². The number of piperazine rings is 1. The Hall–Kier alpha value is -2.12. The van der Waals surface area contributed by atoms with E-state index in [4.69, 9.17) is 0 Å². The van der Waals surface area contributed by atoms with Crippen molar-refractivity contribution in [3.05, 3.63) is 30.3 Å². The molecule has 0 radical (unpaired) electrons. The van der Waals surface area contributed by atoms with Crippen molar-refractivity contribution in [2.45, 2.75) is 25.3 Å². The van der Waals surface area contributed by atoms with E-state index in [9.17, 15) is 14.7 Å². The van der Waals surface area contributed by atoms with E-state index in [-0.39, 0.29) is 31.1 Å². The molecule has 142 valence electrons. The largest absolute Gasteiger partial charge is 0.395 e. The number of piperidine rings is 1. The third kappa shape index (κ3) is 4.53. The zero-order valence-electron chi connectivity index (χ0n) is 15.1. The number of anilines is 1. The second-order valence-electron chi connectivity index (χ2n) is 6.90. The van der Waals surface area contributed by atoms with E-state index < -0.39 is 0 Å². The summed E-state index contributed by atoms with van der Waals surface area (Å²) >= 11 is 0. The summed E-state index contributed by atoms with van der Waals surface area (Å²) in [7, 11) is 0. The maximum Gasteiger partial charge on any atom is 0.317 e. The Morgan fingerprint density at radius 1 is 1.15 bits per heavy atom. The summed E-state index contributed by atoms with van der Waals surface area (Å²) in [5, 5.41) is 12.4. The van der Waals surface area contributed by atoms with E-state index in [2.05, 4.69) is 10.2 Å². The van der Waals surface area contributed by atoms with E-state index in [1.165, 1.54) is 0 Å². The lowest BCUT2D eigenvalue weighted by Gasteiger charge is -2.36. The number of hydrogen-bond acceptors (Lipinski definition) is 4. The Balaban J connectivity index is 1.44. The Morgan fingerprint density at radius 2 is 1.96 bits per heavy atom. The topological polar surface area (TPSA) is 76.1 Å². The van der Waals surface area contributed by atoms with Gasteiger partial charge in [0.25, 0.3) is 0 Å². The monoisotopic (exact) mass is 360 g/mol. The molecule has 0 aromatic heterocycles. The summed E-state index contributed by atoms with van der Waals surface area (Å²) in [6.45, 7) is 3.53. The average Bonchev–Trinajstić information content (AvgIpc) is 2.69. The molecule has 1 aromatic rings. The van der Waals surface area contributed by atoms with Crippen LogP contribution in [-0.4, -0.2) is 78.8 Å². The van der Waals surface area contributed by atoms with Crippen molar-refractivity contribution in [3.63, 3.8) is 0 Å². The molecule has 26 heavy (non-hydrogen) atoms. The standard InChI is InChI=1S/C19H28N4O3/c24-15-17-8-4-5-10-21(17)11-9-20-19(26)22-12-13-23(18(25)14-22)16-6-2-1-3-7-16/h1-3,6-7,17,24H,4-5,8-15H2,(H,20,26). The summed E-state index contributed by atoms with van der Waals surface area (Å²) in [6.07, 6.45) is 3.31. The molecule has 1 aromatic carbocycles. The summed E-state index contributed by atoms with van der Waals surface area (Å²) in [4.78, 5) is 30.3. The third-order valence-corrected chi connectivity index (χ3v) is 5.21. The molecule has 1 atom stereocenters. The number of rotatable bonds is 5. The first-order chi connectivity index (χ1) is 12.7. The van der Waals surface area contributed by atoms with E-state index in [0.717, 1.165) is 38.0 Å². The van der Waals surface area contributed by atoms with Gasteiger partial charge in [0.15, 0.2) is 0 Å². The van der Waals surface area contributed by atoms with Crippen molar-refractivity contribution in [2.75, 3.05) is 50.8 Å². The molecule has 0 aliphatic carbocycles. The maximum atomic E-state index is 12.4. The highest BCUT2D eigenvalue weighted by Gasteiger charge is 2.28. The number of hydrogen-bond donors (Lipinski definition) is 2. The Kier molecular flexibility index (Phi) is 6.46. The van der Waals surface area contributed by atoms with Gasteiger partial charge >= 0.3 is 6.03 Å². The van der Waals surface area contributed by atoms with Crippen LogP contribution < -0.4 is 10.2 Å². The summed E-state index contributed by atoms with van der Waals surface area (Å²) < 4.78 is 0. The van der Waals surface area contributed by atoms with Gasteiger partial charge in [-0.3, -0.25) is 9.69 Å². The fourth-order valence-electron chi connectivity index (χ4n) is 3.71. The zero-order valence-corrected chi connectivity index (χ0v) is 15.1. The number of urea groups is 1. The van der Waals surface area contributed by atoms with Crippen molar-refractivity contribution in [1.29, 1.82) is 0 Å². The summed E-state index contributed by atoms with van der Waals surface area (Å²) in [5.41, 5.74) is 0.873. The molecule has 2 N–H and O–H groups in total. The highest BCUT2D eigenvalue weighted by atomic mass is 16.3. The number of para-hydroxylation sites is 1. The predicted octanol–water partition coefficient (Wildman–Crippen LogP) is 0.892. The van der Waals surface area contributed by atoms with E-state index in [1.807, 2.05) is 30.3 Å². The second-order valence-corrected chi connectivity index (χ2v) is 6.90. The van der Waals surface area contributed by atoms with E-state index in [0.29, 0.717) is 19.6 Å². The Morgan fingerprint density at radius 3 is 2.69 bits per heavy atom. The quantitative estimate of drug-likeness (QED) is 0.818. The molecule has 2 aliphatic heterocycles. The fraction of sp³-hybridized carbons (Fsp3) is 0.579.